The van der Waals surface area contributed by atoms with Crippen molar-refractivity contribution >= 4 is 13.7 Å². The Bertz CT molecular complexity index is 1330. The van der Waals surface area contributed by atoms with Gasteiger partial charge in [-0.2, -0.15) is 0 Å². The maximum atomic E-state index is 12.9. The molecule has 0 spiro atoms. The van der Waals surface area contributed by atoms with Gasteiger partial charge in [-0.3, -0.25) is 13.8 Å². The molecule has 0 aromatic carbocycles. The summed E-state index contributed by atoms with van der Waals surface area (Å²) in [5, 5.41) is 13.7. The fraction of sp³-hybridized carbons (Fsp3) is 0.679. The van der Waals surface area contributed by atoms with Crippen molar-refractivity contribution in [1.82, 2.24) is 5.32 Å². The predicted octanol–water partition coefficient (Wildman–Crippen LogP) is 14.3. The summed E-state index contributed by atoms with van der Waals surface area (Å²) in [6, 6.07) is -0.867. The van der Waals surface area contributed by atoms with Crippen LogP contribution in [0.5, 0.6) is 0 Å². The van der Waals surface area contributed by atoms with E-state index in [0.717, 1.165) is 77.0 Å². The van der Waals surface area contributed by atoms with Gasteiger partial charge in [0.15, 0.2) is 0 Å². The lowest BCUT2D eigenvalue weighted by Crippen LogP contribution is -2.45. The summed E-state index contributed by atoms with van der Waals surface area (Å²) in [5.74, 6) is -0.197. The fourth-order valence-electron chi connectivity index (χ4n) is 6.41. The van der Waals surface area contributed by atoms with Crippen LogP contribution in [-0.4, -0.2) is 73.4 Å². The number of allylic oxidation sites excluding steroid dienone is 15. The first-order valence-electron chi connectivity index (χ1n) is 24.6. The summed E-state index contributed by atoms with van der Waals surface area (Å²) in [5.41, 5.74) is 0. The largest absolute Gasteiger partial charge is 0.472 e. The third-order valence-electron chi connectivity index (χ3n) is 10.3. The second-order valence-corrected chi connectivity index (χ2v) is 18.9. The summed E-state index contributed by atoms with van der Waals surface area (Å²) in [6.45, 7) is 4.60. The number of unbranched alkanes of at least 4 members (excludes halogenated alkanes) is 16. The highest BCUT2D eigenvalue weighted by molar-refractivity contribution is 7.47. The molecule has 0 saturated heterocycles. The molecular weight excluding hydrogens is 792 g/mol. The smallest absolute Gasteiger partial charge is 0.387 e. The molecule has 0 aromatic heterocycles. The molecule has 0 radical (unpaired) electrons. The normalized spacial score (nSPS) is 15.0. The molecule has 0 saturated carbocycles. The standard InChI is InChI=1S/C53H93N2O6P/c1-6-8-10-12-14-16-17-18-19-20-21-22-23-24-25-26-27-28-29-30-31-32-33-34-35-36-37-39-41-43-45-47-53(57)54-51(50-61-62(58,59)60-49-48-55(3,4)5)52(56)46-44-42-40-38-15-13-11-9-7-2/h8,10,14-16,18-19,21-22,24-25,27-28,38,44,46,51-52,56H,6-7,9,11-13,17,20,23,26,29-37,39-43,45,47-50H2,1-5H3,(H-,54,57,58,59)/p+1/b10-8-,16-14-,19-18-,22-21-,25-24-,28-27-,38-15+,46-44+. The molecule has 0 aliphatic rings. The number of likely N-dealkylation sites (N-methyl/N-ethyl adjacent to an activating group) is 1. The molecule has 8 nitrogen and oxygen atoms in total. The van der Waals surface area contributed by atoms with Crippen LogP contribution in [0.25, 0.3) is 0 Å². The lowest BCUT2D eigenvalue weighted by Gasteiger charge is -2.25. The van der Waals surface area contributed by atoms with Crippen molar-refractivity contribution in [2.45, 2.75) is 193 Å². The first-order valence-corrected chi connectivity index (χ1v) is 26.1. The van der Waals surface area contributed by atoms with Gasteiger partial charge in [0.1, 0.15) is 13.2 Å². The number of aliphatic hydroxyl groups excluding tert-OH is 1. The van der Waals surface area contributed by atoms with E-state index in [0.29, 0.717) is 17.4 Å². The lowest BCUT2D eigenvalue weighted by atomic mass is 10.0. The van der Waals surface area contributed by atoms with Gasteiger partial charge in [-0.1, -0.05) is 188 Å². The summed E-state index contributed by atoms with van der Waals surface area (Å²) >= 11 is 0. The van der Waals surface area contributed by atoms with Crippen LogP contribution in [0.4, 0.5) is 0 Å². The molecule has 0 bridgehead atoms. The Kier molecular flexibility index (Phi) is 41.8. The predicted molar refractivity (Wildman–Crippen MR) is 267 cm³/mol. The highest BCUT2D eigenvalue weighted by Crippen LogP contribution is 2.43. The lowest BCUT2D eigenvalue weighted by molar-refractivity contribution is -0.870. The maximum Gasteiger partial charge on any atom is 0.472 e. The SMILES string of the molecule is CC/C=C\C/C=C\C/C=C\C/C=C\C/C=C\C/C=C\CCCCCCCCCCCCCCC(=O)NC(COP(=O)(O)OCC[N+](C)(C)C)C(O)/C=C/CC/C=C/CCCCC. The van der Waals surface area contributed by atoms with Crippen LogP contribution < -0.4 is 5.32 Å². The van der Waals surface area contributed by atoms with Crippen LogP contribution in [-0.2, 0) is 18.4 Å². The molecule has 0 heterocycles. The van der Waals surface area contributed by atoms with Crippen LogP contribution >= 0.6 is 7.82 Å². The van der Waals surface area contributed by atoms with Gasteiger partial charge in [-0.25, -0.2) is 4.57 Å². The van der Waals surface area contributed by atoms with E-state index in [-0.39, 0.29) is 19.1 Å². The Morgan fingerprint density at radius 3 is 1.48 bits per heavy atom. The maximum absolute atomic E-state index is 12.9. The number of aliphatic hydroxyl groups is 1. The first kappa shape index (κ1) is 59.4. The third-order valence-corrected chi connectivity index (χ3v) is 11.3. The monoisotopic (exact) mass is 886 g/mol. The van der Waals surface area contributed by atoms with E-state index in [9.17, 15) is 19.4 Å². The number of phosphoric ester groups is 1. The minimum Gasteiger partial charge on any atom is -0.387 e. The number of carbonyl (C=O) groups excluding carboxylic acids is 1. The van der Waals surface area contributed by atoms with E-state index in [2.05, 4.69) is 104 Å². The van der Waals surface area contributed by atoms with Crippen molar-refractivity contribution in [2.24, 2.45) is 0 Å². The number of carbonyl (C=O) groups is 1. The second kappa shape index (κ2) is 43.7. The Balaban J connectivity index is 4.11. The molecule has 0 fully saturated rings. The van der Waals surface area contributed by atoms with Crippen LogP contribution in [0.1, 0.15) is 181 Å². The Labute approximate surface area is 381 Å². The van der Waals surface area contributed by atoms with Crippen LogP contribution in [0, 0.1) is 0 Å². The van der Waals surface area contributed by atoms with Crippen LogP contribution in [0.3, 0.4) is 0 Å². The van der Waals surface area contributed by atoms with Gasteiger partial charge in [-0.05, 0) is 83.5 Å². The summed E-state index contributed by atoms with van der Waals surface area (Å²) in [7, 11) is 1.54. The second-order valence-electron chi connectivity index (χ2n) is 17.4. The molecule has 0 aliphatic carbocycles. The molecule has 9 heteroatoms. The number of amides is 1. The van der Waals surface area contributed by atoms with Gasteiger partial charge in [0.2, 0.25) is 5.91 Å². The highest BCUT2D eigenvalue weighted by atomic mass is 31.2. The molecule has 62 heavy (non-hydrogen) atoms. The fourth-order valence-corrected chi connectivity index (χ4v) is 7.15. The van der Waals surface area contributed by atoms with Gasteiger partial charge in [0.05, 0.1) is 39.9 Å². The van der Waals surface area contributed by atoms with E-state index in [1.165, 1.54) is 83.5 Å². The molecular formula is C53H94N2O6P+. The molecule has 1 amide bonds. The summed E-state index contributed by atoms with van der Waals surface area (Å²) in [4.78, 5) is 23.1. The molecule has 3 N–H and O–H groups in total. The zero-order chi connectivity index (χ0) is 45.7. The number of quaternary nitrogens is 1. The van der Waals surface area contributed by atoms with Gasteiger partial charge in [0, 0.05) is 6.42 Å². The highest BCUT2D eigenvalue weighted by Gasteiger charge is 2.27. The van der Waals surface area contributed by atoms with E-state index in [1.54, 1.807) is 6.08 Å². The third kappa shape index (κ3) is 45.4. The number of hydrogen-bond donors (Lipinski definition) is 3. The number of rotatable bonds is 43. The minimum absolute atomic E-state index is 0.0512. The van der Waals surface area contributed by atoms with Gasteiger partial charge < -0.3 is 19.8 Å². The molecule has 0 aromatic rings. The van der Waals surface area contributed by atoms with E-state index in [4.69, 9.17) is 9.05 Å². The van der Waals surface area contributed by atoms with Crippen molar-refractivity contribution in [3.63, 3.8) is 0 Å². The Morgan fingerprint density at radius 2 is 0.984 bits per heavy atom. The van der Waals surface area contributed by atoms with Crippen molar-refractivity contribution in [3.8, 4) is 0 Å². The van der Waals surface area contributed by atoms with Gasteiger partial charge in [-0.15, -0.1) is 0 Å². The first-order chi connectivity index (χ1) is 30.0. The van der Waals surface area contributed by atoms with Crippen LogP contribution in [0.15, 0.2) is 97.2 Å². The Hall–Kier alpha value is -2.58. The molecule has 0 rings (SSSR count). The van der Waals surface area contributed by atoms with E-state index >= 15 is 0 Å². The Morgan fingerprint density at radius 1 is 0.565 bits per heavy atom. The van der Waals surface area contributed by atoms with Crippen molar-refractivity contribution in [3.05, 3.63) is 97.2 Å². The minimum atomic E-state index is -4.35. The van der Waals surface area contributed by atoms with Crippen molar-refractivity contribution in [1.29, 1.82) is 0 Å². The zero-order valence-corrected chi connectivity index (χ0v) is 41.2. The molecule has 0 aliphatic heterocycles. The topological polar surface area (TPSA) is 105 Å². The quantitative estimate of drug-likeness (QED) is 0.0244. The van der Waals surface area contributed by atoms with E-state index in [1.807, 2.05) is 27.2 Å². The molecule has 356 valence electrons. The van der Waals surface area contributed by atoms with Crippen molar-refractivity contribution < 1.29 is 32.9 Å². The number of hydrogen-bond acceptors (Lipinski definition) is 5. The summed E-state index contributed by atoms with van der Waals surface area (Å²) < 4.78 is 23.5. The average molecular weight is 886 g/mol. The van der Waals surface area contributed by atoms with Crippen LogP contribution in [0.2, 0.25) is 0 Å². The van der Waals surface area contributed by atoms with E-state index < -0.39 is 20.0 Å². The molecule has 3 unspecified atom stereocenters. The van der Waals surface area contributed by atoms with Gasteiger partial charge in [0.25, 0.3) is 0 Å². The summed E-state index contributed by atoms with van der Waals surface area (Å²) in [6.07, 6.45) is 62.2. The number of nitrogens with one attached hydrogen (secondary N) is 1. The number of nitrogens with zero attached hydrogens (tertiary/aromatic N) is 1. The number of phosphoric acid groups is 1. The zero-order valence-electron chi connectivity index (χ0n) is 40.3. The van der Waals surface area contributed by atoms with Gasteiger partial charge >= 0.3 is 7.82 Å². The molecule has 3 atom stereocenters. The van der Waals surface area contributed by atoms with Crippen molar-refractivity contribution in [2.75, 3.05) is 40.9 Å². The average Bonchev–Trinajstić information content (AvgIpc) is 3.23.